The molecule has 1 rings (SSSR count). The van der Waals surface area contributed by atoms with E-state index < -0.39 is 0 Å². The van der Waals surface area contributed by atoms with Crippen LogP contribution in [0.5, 0.6) is 0 Å². The summed E-state index contributed by atoms with van der Waals surface area (Å²) < 4.78 is 1.17. The Kier molecular flexibility index (Phi) is 6.18. The highest BCUT2D eigenvalue weighted by molar-refractivity contribution is 8.01. The number of nitrogens with zero attached hydrogens (tertiary/aromatic N) is 2. The molecule has 3 nitrogen and oxygen atoms in total. The van der Waals surface area contributed by atoms with Gasteiger partial charge in [0.1, 0.15) is 4.34 Å². The fraction of sp³-hybridized carbons (Fsp3) is 0.667. The molecule has 0 bridgehead atoms. The zero-order valence-corrected chi connectivity index (χ0v) is 10.3. The number of thioether (sulfide) groups is 1. The van der Waals surface area contributed by atoms with E-state index in [9.17, 15) is 0 Å². The molecule has 0 unspecified atom stereocenters. The number of hydrogen-bond donors (Lipinski definition) is 1. The Morgan fingerprint density at radius 1 is 1.50 bits per heavy atom. The second-order valence-corrected chi connectivity index (χ2v) is 5.44. The van der Waals surface area contributed by atoms with Crippen molar-refractivity contribution in [2.45, 2.75) is 4.34 Å². The normalized spacial score (nSPS) is 11.1. The summed E-state index contributed by atoms with van der Waals surface area (Å²) in [6.45, 7) is 3.21. The topological polar surface area (TPSA) is 28.2 Å². The molecule has 0 aromatic carbocycles. The third kappa shape index (κ3) is 5.59. The highest BCUT2D eigenvalue weighted by atomic mass is 32.2. The van der Waals surface area contributed by atoms with Gasteiger partial charge in [-0.3, -0.25) is 0 Å². The molecule has 0 spiro atoms. The standard InChI is InChI=1S/C9H17N3S2/c1-12(2)6-3-10-4-7-13-9-11-5-8-14-9/h5,8,10H,3-4,6-7H2,1-2H3. The molecule has 0 radical (unpaired) electrons. The lowest BCUT2D eigenvalue weighted by Gasteiger charge is -2.09. The van der Waals surface area contributed by atoms with Crippen LogP contribution < -0.4 is 5.32 Å². The van der Waals surface area contributed by atoms with E-state index in [1.54, 1.807) is 11.3 Å². The molecular formula is C9H17N3S2. The molecule has 80 valence electrons. The van der Waals surface area contributed by atoms with Gasteiger partial charge in [0, 0.05) is 37.0 Å². The van der Waals surface area contributed by atoms with Crippen LogP contribution in [0.3, 0.4) is 0 Å². The maximum absolute atomic E-state index is 4.21. The summed E-state index contributed by atoms with van der Waals surface area (Å²) in [5.41, 5.74) is 0. The molecule has 14 heavy (non-hydrogen) atoms. The second kappa shape index (κ2) is 7.23. The van der Waals surface area contributed by atoms with Crippen molar-refractivity contribution in [2.24, 2.45) is 0 Å². The van der Waals surface area contributed by atoms with E-state index in [0.717, 1.165) is 25.4 Å². The fourth-order valence-corrected chi connectivity index (χ4v) is 2.52. The minimum atomic E-state index is 1.05. The van der Waals surface area contributed by atoms with Crippen LogP contribution in [0.15, 0.2) is 15.9 Å². The summed E-state index contributed by atoms with van der Waals surface area (Å²) in [6, 6.07) is 0. The van der Waals surface area contributed by atoms with Gasteiger partial charge in [-0.15, -0.1) is 11.3 Å². The summed E-state index contributed by atoms with van der Waals surface area (Å²) in [7, 11) is 4.18. The highest BCUT2D eigenvalue weighted by Crippen LogP contribution is 2.18. The van der Waals surface area contributed by atoms with Gasteiger partial charge in [-0.2, -0.15) is 0 Å². The number of hydrogen-bond acceptors (Lipinski definition) is 5. The first-order chi connectivity index (χ1) is 6.79. The molecular weight excluding hydrogens is 214 g/mol. The van der Waals surface area contributed by atoms with Crippen molar-refractivity contribution in [3.05, 3.63) is 11.6 Å². The number of thiazole rings is 1. The van der Waals surface area contributed by atoms with Gasteiger partial charge in [0.2, 0.25) is 0 Å². The van der Waals surface area contributed by atoms with Crippen LogP contribution in [0.25, 0.3) is 0 Å². The van der Waals surface area contributed by atoms with Gasteiger partial charge in [0.25, 0.3) is 0 Å². The molecule has 0 aliphatic heterocycles. The zero-order valence-electron chi connectivity index (χ0n) is 8.69. The lowest BCUT2D eigenvalue weighted by molar-refractivity contribution is 0.403. The van der Waals surface area contributed by atoms with Crippen molar-refractivity contribution in [1.82, 2.24) is 15.2 Å². The molecule has 5 heteroatoms. The van der Waals surface area contributed by atoms with E-state index in [1.807, 2.05) is 23.3 Å². The van der Waals surface area contributed by atoms with Crippen molar-refractivity contribution in [3.63, 3.8) is 0 Å². The van der Waals surface area contributed by atoms with Gasteiger partial charge < -0.3 is 10.2 Å². The van der Waals surface area contributed by atoms with E-state index in [2.05, 4.69) is 29.3 Å². The van der Waals surface area contributed by atoms with Crippen LogP contribution in [0, 0.1) is 0 Å². The molecule has 1 aromatic rings. The molecule has 1 N–H and O–H groups in total. The average molecular weight is 231 g/mol. The number of nitrogens with one attached hydrogen (secondary N) is 1. The minimum absolute atomic E-state index is 1.05. The highest BCUT2D eigenvalue weighted by Gasteiger charge is 1.95. The zero-order chi connectivity index (χ0) is 10.2. The van der Waals surface area contributed by atoms with Crippen molar-refractivity contribution >= 4 is 23.1 Å². The summed E-state index contributed by atoms with van der Waals surface area (Å²) in [4.78, 5) is 6.39. The molecule has 1 heterocycles. The van der Waals surface area contributed by atoms with Crippen LogP contribution >= 0.6 is 23.1 Å². The van der Waals surface area contributed by atoms with Crippen molar-refractivity contribution in [2.75, 3.05) is 39.5 Å². The first-order valence-electron chi connectivity index (χ1n) is 4.67. The van der Waals surface area contributed by atoms with Crippen molar-refractivity contribution in [3.8, 4) is 0 Å². The molecule has 0 saturated heterocycles. The summed E-state index contributed by atoms with van der Waals surface area (Å²) in [5, 5.41) is 5.41. The molecule has 1 aromatic heterocycles. The Labute approximate surface area is 93.9 Å². The van der Waals surface area contributed by atoms with E-state index >= 15 is 0 Å². The maximum atomic E-state index is 4.21. The minimum Gasteiger partial charge on any atom is -0.315 e. The molecule has 0 fully saturated rings. The largest absolute Gasteiger partial charge is 0.315 e. The third-order valence-electron chi connectivity index (χ3n) is 1.65. The Bertz CT molecular complexity index is 224. The monoisotopic (exact) mass is 231 g/mol. The Balaban J connectivity index is 1.90. The Morgan fingerprint density at radius 3 is 3.00 bits per heavy atom. The lowest BCUT2D eigenvalue weighted by atomic mass is 10.5. The van der Waals surface area contributed by atoms with Gasteiger partial charge in [-0.1, -0.05) is 11.8 Å². The number of likely N-dealkylation sites (N-methyl/N-ethyl adjacent to an activating group) is 1. The first kappa shape index (κ1) is 12.0. The van der Waals surface area contributed by atoms with E-state index in [-0.39, 0.29) is 0 Å². The van der Waals surface area contributed by atoms with E-state index in [1.165, 1.54) is 4.34 Å². The molecule has 0 amide bonds. The van der Waals surface area contributed by atoms with Crippen LogP contribution in [0.4, 0.5) is 0 Å². The quantitative estimate of drug-likeness (QED) is 0.567. The van der Waals surface area contributed by atoms with Gasteiger partial charge >= 0.3 is 0 Å². The summed E-state index contributed by atoms with van der Waals surface area (Å²) in [6.07, 6.45) is 1.85. The third-order valence-corrected chi connectivity index (χ3v) is 3.62. The Morgan fingerprint density at radius 2 is 2.36 bits per heavy atom. The van der Waals surface area contributed by atoms with Crippen LogP contribution in [-0.2, 0) is 0 Å². The van der Waals surface area contributed by atoms with Crippen molar-refractivity contribution in [1.29, 1.82) is 0 Å². The van der Waals surface area contributed by atoms with Gasteiger partial charge in [0.05, 0.1) is 0 Å². The summed E-state index contributed by atoms with van der Waals surface area (Å²) >= 11 is 3.52. The predicted molar refractivity (Wildman–Crippen MR) is 64.3 cm³/mol. The van der Waals surface area contributed by atoms with Crippen LogP contribution in [-0.4, -0.2) is 49.4 Å². The fourth-order valence-electron chi connectivity index (χ4n) is 0.920. The molecule has 0 atom stereocenters. The van der Waals surface area contributed by atoms with E-state index in [0.29, 0.717) is 0 Å². The predicted octanol–water partition coefficient (Wildman–Crippen LogP) is 1.39. The van der Waals surface area contributed by atoms with Gasteiger partial charge in [-0.05, 0) is 14.1 Å². The number of rotatable bonds is 7. The van der Waals surface area contributed by atoms with Crippen molar-refractivity contribution < 1.29 is 0 Å². The lowest BCUT2D eigenvalue weighted by Crippen LogP contribution is -2.27. The van der Waals surface area contributed by atoms with Gasteiger partial charge in [0.15, 0.2) is 0 Å². The number of aromatic nitrogens is 1. The smallest absolute Gasteiger partial charge is 0.149 e. The maximum Gasteiger partial charge on any atom is 0.149 e. The van der Waals surface area contributed by atoms with E-state index in [4.69, 9.17) is 0 Å². The van der Waals surface area contributed by atoms with Gasteiger partial charge in [-0.25, -0.2) is 4.98 Å². The molecule has 0 aliphatic rings. The molecule has 0 aliphatic carbocycles. The first-order valence-corrected chi connectivity index (χ1v) is 6.53. The average Bonchev–Trinajstić information content (AvgIpc) is 2.63. The second-order valence-electron chi connectivity index (χ2n) is 3.20. The molecule has 0 saturated carbocycles. The summed E-state index contributed by atoms with van der Waals surface area (Å²) in [5.74, 6) is 1.10. The Hall–Kier alpha value is -0.100. The SMILES string of the molecule is CN(C)CCNCCSc1nccs1. The van der Waals surface area contributed by atoms with Crippen LogP contribution in [0.1, 0.15) is 0 Å². The van der Waals surface area contributed by atoms with Crippen LogP contribution in [0.2, 0.25) is 0 Å².